The molecule has 0 bridgehead atoms. The molecule has 3 heteroatoms. The van der Waals surface area contributed by atoms with Crippen LogP contribution >= 0.6 is 11.6 Å². The maximum Gasteiger partial charge on any atom is 0.168 e. The van der Waals surface area contributed by atoms with Crippen LogP contribution in [0.2, 0.25) is 5.02 Å². The van der Waals surface area contributed by atoms with Gasteiger partial charge in [0.05, 0.1) is 5.02 Å². The van der Waals surface area contributed by atoms with Gasteiger partial charge in [-0.3, -0.25) is 4.79 Å². The van der Waals surface area contributed by atoms with Crippen LogP contribution in [-0.4, -0.2) is 10.8 Å². The van der Waals surface area contributed by atoms with Gasteiger partial charge in [-0.05, 0) is 18.1 Å². The zero-order valence-electron chi connectivity index (χ0n) is 10.3. The quantitative estimate of drug-likeness (QED) is 0.809. The van der Waals surface area contributed by atoms with E-state index in [1.54, 1.807) is 6.20 Å². The van der Waals surface area contributed by atoms with Crippen molar-refractivity contribution in [1.82, 2.24) is 4.98 Å². The fourth-order valence-corrected chi connectivity index (χ4v) is 2.16. The molecule has 2 rings (SSSR count). The summed E-state index contributed by atoms with van der Waals surface area (Å²) in [7, 11) is 0. The standard InChI is InChI=1S/C14H16ClNO/c1-8(2)9(3)14(17)10-7-16-12-6-4-5-11(15)13(10)12/h4-9,16H,1-3H3. The SMILES string of the molecule is CC(C)C(C)C(=O)c1c[nH]c2cccc(Cl)c12. The first-order valence-corrected chi connectivity index (χ1v) is 6.20. The van der Waals surface area contributed by atoms with Crippen LogP contribution in [0.25, 0.3) is 10.9 Å². The van der Waals surface area contributed by atoms with E-state index >= 15 is 0 Å². The number of nitrogens with one attached hydrogen (secondary N) is 1. The van der Waals surface area contributed by atoms with Crippen molar-refractivity contribution in [3.05, 3.63) is 35.0 Å². The number of rotatable bonds is 3. The van der Waals surface area contributed by atoms with E-state index < -0.39 is 0 Å². The average molecular weight is 250 g/mol. The third-order valence-corrected chi connectivity index (χ3v) is 3.65. The zero-order chi connectivity index (χ0) is 12.6. The van der Waals surface area contributed by atoms with E-state index in [1.165, 1.54) is 0 Å². The summed E-state index contributed by atoms with van der Waals surface area (Å²) < 4.78 is 0. The largest absolute Gasteiger partial charge is 0.360 e. The van der Waals surface area contributed by atoms with E-state index in [9.17, 15) is 4.79 Å². The Kier molecular flexibility index (Phi) is 3.25. The molecule has 2 nitrogen and oxygen atoms in total. The van der Waals surface area contributed by atoms with Crippen LogP contribution in [0.4, 0.5) is 0 Å². The van der Waals surface area contributed by atoms with Crippen molar-refractivity contribution in [3.63, 3.8) is 0 Å². The van der Waals surface area contributed by atoms with Gasteiger partial charge in [-0.25, -0.2) is 0 Å². The maximum absolute atomic E-state index is 12.3. The minimum atomic E-state index is 0.00488. The minimum absolute atomic E-state index is 0.00488. The van der Waals surface area contributed by atoms with E-state index in [2.05, 4.69) is 18.8 Å². The molecule has 0 radical (unpaired) electrons. The second-order valence-corrected chi connectivity index (χ2v) is 5.17. The monoisotopic (exact) mass is 249 g/mol. The fourth-order valence-electron chi connectivity index (χ4n) is 1.88. The third kappa shape index (κ3) is 2.09. The predicted molar refractivity (Wildman–Crippen MR) is 71.6 cm³/mol. The molecule has 1 aromatic carbocycles. The molecular weight excluding hydrogens is 234 g/mol. The first kappa shape index (κ1) is 12.2. The number of Topliss-reactive ketones (excluding diaryl/α,β-unsaturated/α-hetero) is 1. The lowest BCUT2D eigenvalue weighted by Gasteiger charge is -2.13. The van der Waals surface area contributed by atoms with Crippen molar-refractivity contribution in [2.75, 3.05) is 0 Å². The summed E-state index contributed by atoms with van der Waals surface area (Å²) in [6.07, 6.45) is 1.76. The average Bonchev–Trinajstić information content (AvgIpc) is 2.72. The summed E-state index contributed by atoms with van der Waals surface area (Å²) in [6.45, 7) is 6.07. The number of halogens is 1. The summed E-state index contributed by atoms with van der Waals surface area (Å²) in [5, 5.41) is 1.47. The van der Waals surface area contributed by atoms with E-state index in [4.69, 9.17) is 11.6 Å². The van der Waals surface area contributed by atoms with Gasteiger partial charge >= 0.3 is 0 Å². The summed E-state index contributed by atoms with van der Waals surface area (Å²) in [5.74, 6) is 0.486. The number of ketones is 1. The molecule has 90 valence electrons. The Hall–Kier alpha value is -1.28. The highest BCUT2D eigenvalue weighted by Crippen LogP contribution is 2.29. The highest BCUT2D eigenvalue weighted by Gasteiger charge is 2.22. The van der Waals surface area contributed by atoms with Crippen LogP contribution in [-0.2, 0) is 0 Å². The number of carbonyl (C=O) groups excluding carboxylic acids is 1. The number of H-pyrrole nitrogens is 1. The van der Waals surface area contributed by atoms with Crippen molar-refractivity contribution in [2.24, 2.45) is 11.8 Å². The third-order valence-electron chi connectivity index (χ3n) is 3.33. The summed E-state index contributed by atoms with van der Waals surface area (Å²) in [5.41, 5.74) is 1.61. The molecule has 17 heavy (non-hydrogen) atoms. The Morgan fingerprint density at radius 1 is 1.29 bits per heavy atom. The Labute approximate surface area is 106 Å². The van der Waals surface area contributed by atoms with Crippen molar-refractivity contribution in [2.45, 2.75) is 20.8 Å². The molecule has 1 unspecified atom stereocenters. The minimum Gasteiger partial charge on any atom is -0.360 e. The smallest absolute Gasteiger partial charge is 0.168 e. The fraction of sp³-hybridized carbons (Fsp3) is 0.357. The first-order chi connectivity index (χ1) is 8.02. The molecule has 0 aliphatic carbocycles. The number of aromatic nitrogens is 1. The number of aromatic amines is 1. The molecule has 0 saturated heterocycles. The van der Waals surface area contributed by atoms with Crippen LogP contribution in [0.5, 0.6) is 0 Å². The van der Waals surface area contributed by atoms with Gasteiger partial charge in [-0.2, -0.15) is 0 Å². The van der Waals surface area contributed by atoms with Crippen LogP contribution in [0.1, 0.15) is 31.1 Å². The maximum atomic E-state index is 12.3. The molecule has 0 fully saturated rings. The van der Waals surface area contributed by atoms with Gasteiger partial charge in [0.15, 0.2) is 5.78 Å². The first-order valence-electron chi connectivity index (χ1n) is 5.82. The lowest BCUT2D eigenvalue weighted by atomic mass is 9.89. The molecule has 1 aromatic heterocycles. The molecule has 0 saturated carbocycles. The summed E-state index contributed by atoms with van der Waals surface area (Å²) in [4.78, 5) is 15.4. The predicted octanol–water partition coefficient (Wildman–Crippen LogP) is 4.30. The molecule has 1 N–H and O–H groups in total. The number of hydrogen-bond donors (Lipinski definition) is 1. The summed E-state index contributed by atoms with van der Waals surface area (Å²) in [6, 6.07) is 5.62. The van der Waals surface area contributed by atoms with Crippen LogP contribution in [0, 0.1) is 11.8 Å². The van der Waals surface area contributed by atoms with Crippen LogP contribution in [0.15, 0.2) is 24.4 Å². The molecule has 1 heterocycles. The van der Waals surface area contributed by atoms with Crippen molar-refractivity contribution in [1.29, 1.82) is 0 Å². The molecule has 0 spiro atoms. The second kappa shape index (κ2) is 4.53. The number of benzene rings is 1. The highest BCUT2D eigenvalue weighted by atomic mass is 35.5. The molecular formula is C14H16ClNO. The lowest BCUT2D eigenvalue weighted by molar-refractivity contribution is 0.0901. The second-order valence-electron chi connectivity index (χ2n) is 4.76. The van der Waals surface area contributed by atoms with Crippen LogP contribution < -0.4 is 0 Å². The molecule has 0 aliphatic rings. The normalized spacial score (nSPS) is 13.2. The topological polar surface area (TPSA) is 32.9 Å². The molecule has 2 aromatic rings. The molecule has 0 amide bonds. The van der Waals surface area contributed by atoms with Gasteiger partial charge < -0.3 is 4.98 Å². The van der Waals surface area contributed by atoms with Gasteiger partial charge in [0.25, 0.3) is 0 Å². The zero-order valence-corrected chi connectivity index (χ0v) is 11.0. The lowest BCUT2D eigenvalue weighted by Crippen LogP contribution is -2.16. The number of hydrogen-bond acceptors (Lipinski definition) is 1. The Morgan fingerprint density at radius 3 is 2.65 bits per heavy atom. The molecule has 1 atom stereocenters. The van der Waals surface area contributed by atoms with E-state index in [-0.39, 0.29) is 11.7 Å². The Balaban J connectivity index is 2.53. The van der Waals surface area contributed by atoms with Gasteiger partial charge in [0.2, 0.25) is 0 Å². The van der Waals surface area contributed by atoms with Gasteiger partial charge in [-0.15, -0.1) is 0 Å². The highest BCUT2D eigenvalue weighted by molar-refractivity contribution is 6.36. The van der Waals surface area contributed by atoms with E-state index in [1.807, 2.05) is 25.1 Å². The van der Waals surface area contributed by atoms with Gasteiger partial charge in [0.1, 0.15) is 0 Å². The van der Waals surface area contributed by atoms with Crippen molar-refractivity contribution >= 4 is 28.3 Å². The van der Waals surface area contributed by atoms with Crippen LogP contribution in [0.3, 0.4) is 0 Å². The number of fused-ring (bicyclic) bond motifs is 1. The Bertz CT molecular complexity index is 556. The number of carbonyl (C=O) groups is 1. The van der Waals surface area contributed by atoms with E-state index in [0.717, 1.165) is 10.9 Å². The van der Waals surface area contributed by atoms with E-state index in [0.29, 0.717) is 16.5 Å². The van der Waals surface area contributed by atoms with Gasteiger partial charge in [-0.1, -0.05) is 38.4 Å². The molecule has 0 aliphatic heterocycles. The van der Waals surface area contributed by atoms with Crippen molar-refractivity contribution in [3.8, 4) is 0 Å². The summed E-state index contributed by atoms with van der Waals surface area (Å²) >= 11 is 6.16. The van der Waals surface area contributed by atoms with Crippen molar-refractivity contribution < 1.29 is 4.79 Å². The Morgan fingerprint density at radius 2 is 2.00 bits per heavy atom. The van der Waals surface area contributed by atoms with Gasteiger partial charge in [0, 0.05) is 28.6 Å².